The van der Waals surface area contributed by atoms with Gasteiger partial charge in [0.1, 0.15) is 12.1 Å². The summed E-state index contributed by atoms with van der Waals surface area (Å²) < 4.78 is 13.0. The van der Waals surface area contributed by atoms with Crippen molar-refractivity contribution in [3.8, 4) is 0 Å². The van der Waals surface area contributed by atoms with E-state index in [4.69, 9.17) is 0 Å². The van der Waals surface area contributed by atoms with Crippen LogP contribution in [0.4, 0.5) is 33.1 Å². The maximum absolute atomic E-state index is 13.0. The summed E-state index contributed by atoms with van der Waals surface area (Å²) in [5.74, 6) is 0.0729. The van der Waals surface area contributed by atoms with Crippen molar-refractivity contribution in [3.05, 3.63) is 76.4 Å². The van der Waals surface area contributed by atoms with Crippen LogP contribution in [0.15, 0.2) is 54.9 Å². The van der Waals surface area contributed by atoms with E-state index in [-0.39, 0.29) is 17.3 Å². The summed E-state index contributed by atoms with van der Waals surface area (Å²) in [5, 5.41) is 17.4. The predicted molar refractivity (Wildman–Crippen MR) is 102 cm³/mol. The second-order valence-electron chi connectivity index (χ2n) is 6.21. The van der Waals surface area contributed by atoms with Crippen LogP contribution in [0.3, 0.4) is 0 Å². The molecule has 0 radical (unpaired) electrons. The molecule has 7 nitrogen and oxygen atoms in total. The van der Waals surface area contributed by atoms with Crippen molar-refractivity contribution in [2.45, 2.75) is 19.8 Å². The normalized spacial score (nSPS) is 10.7. The summed E-state index contributed by atoms with van der Waals surface area (Å²) in [4.78, 5) is 19.0. The molecular weight excluding hydrogens is 349 g/mol. The average Bonchev–Trinajstić information content (AvgIpc) is 2.64. The summed E-state index contributed by atoms with van der Waals surface area (Å²) in [6.07, 6.45) is 1.23. The van der Waals surface area contributed by atoms with Gasteiger partial charge in [0.25, 0.3) is 0 Å². The standard InChI is InChI=1S/C19H18FN5O2/c1-12(2)13-3-7-15(8-4-13)23-18-17(25(26)27)19(22-11-21-18)24-16-9-5-14(20)6-10-16/h3-12H,1-2H3,(H2,21,22,23,24). The second-order valence-corrected chi connectivity index (χ2v) is 6.21. The third kappa shape index (κ3) is 4.35. The van der Waals surface area contributed by atoms with Crippen LogP contribution in [0.1, 0.15) is 25.3 Å². The largest absolute Gasteiger partial charge is 0.353 e. The van der Waals surface area contributed by atoms with Crippen LogP contribution in [0.2, 0.25) is 0 Å². The molecule has 27 heavy (non-hydrogen) atoms. The van der Waals surface area contributed by atoms with E-state index >= 15 is 0 Å². The Bertz CT molecular complexity index is 943. The van der Waals surface area contributed by atoms with Gasteiger partial charge in [0.15, 0.2) is 0 Å². The topological polar surface area (TPSA) is 93.0 Å². The van der Waals surface area contributed by atoms with E-state index < -0.39 is 10.7 Å². The quantitative estimate of drug-likeness (QED) is 0.463. The molecule has 0 saturated carbocycles. The summed E-state index contributed by atoms with van der Waals surface area (Å²) in [6, 6.07) is 13.0. The highest BCUT2D eigenvalue weighted by atomic mass is 19.1. The fourth-order valence-electron chi connectivity index (χ4n) is 2.49. The average molecular weight is 367 g/mol. The fraction of sp³-hybridized carbons (Fsp3) is 0.158. The van der Waals surface area contributed by atoms with Crippen molar-refractivity contribution < 1.29 is 9.31 Å². The first-order valence-corrected chi connectivity index (χ1v) is 8.33. The molecule has 0 spiro atoms. The van der Waals surface area contributed by atoms with E-state index in [1.807, 2.05) is 24.3 Å². The molecule has 1 aromatic heterocycles. The fourth-order valence-corrected chi connectivity index (χ4v) is 2.49. The number of benzene rings is 2. The first-order chi connectivity index (χ1) is 12.9. The number of anilines is 4. The molecule has 0 aliphatic carbocycles. The van der Waals surface area contributed by atoms with Gasteiger partial charge in [-0.15, -0.1) is 0 Å². The Balaban J connectivity index is 1.91. The maximum Gasteiger partial charge on any atom is 0.353 e. The number of nitrogens with zero attached hydrogens (tertiary/aromatic N) is 3. The van der Waals surface area contributed by atoms with Gasteiger partial charge in [0, 0.05) is 11.4 Å². The van der Waals surface area contributed by atoms with Crippen LogP contribution in [-0.4, -0.2) is 14.9 Å². The monoisotopic (exact) mass is 367 g/mol. The van der Waals surface area contributed by atoms with Crippen molar-refractivity contribution in [1.29, 1.82) is 0 Å². The Hall–Kier alpha value is -3.55. The van der Waals surface area contributed by atoms with Gasteiger partial charge in [-0.2, -0.15) is 0 Å². The minimum absolute atomic E-state index is 0.0166. The lowest BCUT2D eigenvalue weighted by Gasteiger charge is -2.11. The lowest BCUT2D eigenvalue weighted by atomic mass is 10.0. The number of nitro groups is 1. The van der Waals surface area contributed by atoms with Gasteiger partial charge < -0.3 is 10.6 Å². The first-order valence-electron chi connectivity index (χ1n) is 8.33. The van der Waals surface area contributed by atoms with Crippen LogP contribution in [0.25, 0.3) is 0 Å². The molecule has 0 aliphatic heterocycles. The molecule has 1 heterocycles. The van der Waals surface area contributed by atoms with Crippen LogP contribution in [-0.2, 0) is 0 Å². The number of hydrogen-bond donors (Lipinski definition) is 2. The summed E-state index contributed by atoms with van der Waals surface area (Å²) in [7, 11) is 0. The van der Waals surface area contributed by atoms with E-state index in [0.717, 1.165) is 5.56 Å². The van der Waals surface area contributed by atoms with E-state index in [1.165, 1.54) is 30.6 Å². The highest BCUT2D eigenvalue weighted by Crippen LogP contribution is 2.33. The molecule has 3 aromatic rings. The molecule has 3 rings (SSSR count). The summed E-state index contributed by atoms with van der Waals surface area (Å²) in [5.41, 5.74) is 2.02. The first kappa shape index (κ1) is 18.2. The lowest BCUT2D eigenvalue weighted by molar-refractivity contribution is -0.383. The molecule has 0 bridgehead atoms. The molecule has 0 aliphatic rings. The third-order valence-electron chi connectivity index (χ3n) is 3.95. The molecule has 0 atom stereocenters. The Morgan fingerprint density at radius 1 is 0.926 bits per heavy atom. The molecule has 8 heteroatoms. The highest BCUT2D eigenvalue weighted by molar-refractivity contribution is 5.76. The number of nitrogens with one attached hydrogen (secondary N) is 2. The molecule has 0 amide bonds. The van der Waals surface area contributed by atoms with Crippen molar-refractivity contribution in [1.82, 2.24) is 9.97 Å². The van der Waals surface area contributed by atoms with Gasteiger partial charge in [-0.1, -0.05) is 26.0 Å². The van der Waals surface area contributed by atoms with Crippen molar-refractivity contribution >= 4 is 28.7 Å². The van der Waals surface area contributed by atoms with E-state index in [1.54, 1.807) is 0 Å². The zero-order chi connectivity index (χ0) is 19.4. The number of hydrogen-bond acceptors (Lipinski definition) is 6. The minimum Gasteiger partial charge on any atom is -0.334 e. The second kappa shape index (κ2) is 7.77. The van der Waals surface area contributed by atoms with Gasteiger partial charge in [-0.25, -0.2) is 14.4 Å². The van der Waals surface area contributed by atoms with Crippen molar-refractivity contribution in [2.24, 2.45) is 0 Å². The molecule has 2 aromatic carbocycles. The van der Waals surface area contributed by atoms with Crippen molar-refractivity contribution in [3.63, 3.8) is 0 Å². The van der Waals surface area contributed by atoms with Crippen LogP contribution in [0, 0.1) is 15.9 Å². The van der Waals surface area contributed by atoms with Gasteiger partial charge in [0.2, 0.25) is 11.6 Å². The molecular formula is C19H18FN5O2. The zero-order valence-electron chi connectivity index (χ0n) is 14.8. The maximum atomic E-state index is 13.0. The third-order valence-corrected chi connectivity index (χ3v) is 3.95. The highest BCUT2D eigenvalue weighted by Gasteiger charge is 2.23. The van der Waals surface area contributed by atoms with Crippen LogP contribution >= 0.6 is 0 Å². The number of aromatic nitrogens is 2. The van der Waals surface area contributed by atoms with Crippen LogP contribution < -0.4 is 10.6 Å². The van der Waals surface area contributed by atoms with E-state index in [0.29, 0.717) is 17.3 Å². The van der Waals surface area contributed by atoms with Gasteiger partial charge in [-0.3, -0.25) is 10.1 Å². The molecule has 0 saturated heterocycles. The predicted octanol–water partition coefficient (Wildman–Crippen LogP) is 5.13. The Morgan fingerprint density at radius 2 is 1.41 bits per heavy atom. The van der Waals surface area contributed by atoms with Gasteiger partial charge in [-0.05, 0) is 47.9 Å². The summed E-state index contributed by atoms with van der Waals surface area (Å²) >= 11 is 0. The smallest absolute Gasteiger partial charge is 0.334 e. The van der Waals surface area contributed by atoms with E-state index in [2.05, 4.69) is 34.4 Å². The molecule has 138 valence electrons. The Morgan fingerprint density at radius 3 is 1.85 bits per heavy atom. The van der Waals surface area contributed by atoms with E-state index in [9.17, 15) is 14.5 Å². The SMILES string of the molecule is CC(C)c1ccc(Nc2ncnc(Nc3ccc(F)cc3)c2[N+](=O)[O-])cc1. The van der Waals surface area contributed by atoms with Crippen LogP contribution in [0.5, 0.6) is 0 Å². The van der Waals surface area contributed by atoms with Crippen molar-refractivity contribution in [2.75, 3.05) is 10.6 Å². The Kier molecular flexibility index (Phi) is 5.25. The number of halogens is 1. The zero-order valence-corrected chi connectivity index (χ0v) is 14.8. The molecule has 0 unspecified atom stereocenters. The molecule has 0 fully saturated rings. The summed E-state index contributed by atoms with van der Waals surface area (Å²) in [6.45, 7) is 4.18. The number of rotatable bonds is 6. The molecule has 2 N–H and O–H groups in total. The minimum atomic E-state index is -0.559. The van der Waals surface area contributed by atoms with Gasteiger partial charge in [0.05, 0.1) is 4.92 Å². The lowest BCUT2D eigenvalue weighted by Crippen LogP contribution is -2.05. The Labute approximate surface area is 155 Å². The van der Waals surface area contributed by atoms with Gasteiger partial charge >= 0.3 is 5.69 Å².